The molecule has 25 heavy (non-hydrogen) atoms. The zero-order chi connectivity index (χ0) is 17.8. The first-order valence-electron chi connectivity index (χ1n) is 8.55. The number of hydrogen-bond acceptors (Lipinski definition) is 2. The van der Waals surface area contributed by atoms with Gasteiger partial charge >= 0.3 is 0 Å². The number of halogens is 1. The molecule has 1 heterocycles. The van der Waals surface area contributed by atoms with E-state index >= 15 is 0 Å². The summed E-state index contributed by atoms with van der Waals surface area (Å²) in [6.45, 7) is 2.53. The Morgan fingerprint density at radius 2 is 1.88 bits per heavy atom. The normalized spacial score (nSPS) is 16.7. The number of carbonyl (C=O) groups is 2. The average Bonchev–Trinajstić information content (AvgIpc) is 3.12. The highest BCUT2D eigenvalue weighted by atomic mass is 19.1. The summed E-state index contributed by atoms with van der Waals surface area (Å²) < 4.78 is 13.9. The van der Waals surface area contributed by atoms with E-state index in [0.717, 1.165) is 12.8 Å². The van der Waals surface area contributed by atoms with Crippen LogP contribution in [0.4, 0.5) is 10.1 Å². The molecule has 0 unspecified atom stereocenters. The maximum atomic E-state index is 13.9. The Kier molecular flexibility index (Phi) is 5.12. The molecule has 3 rings (SSSR count). The highest BCUT2D eigenvalue weighted by molar-refractivity contribution is 6.01. The zero-order valence-corrected chi connectivity index (χ0v) is 14.2. The Morgan fingerprint density at radius 3 is 2.56 bits per heavy atom. The summed E-state index contributed by atoms with van der Waals surface area (Å²) in [7, 11) is 0. The fourth-order valence-electron chi connectivity index (χ4n) is 3.12. The van der Waals surface area contributed by atoms with Crippen molar-refractivity contribution in [3.63, 3.8) is 0 Å². The summed E-state index contributed by atoms with van der Waals surface area (Å²) in [5, 5.41) is 2.86. The fraction of sp³-hybridized carbons (Fsp3) is 0.300. The predicted octanol–water partition coefficient (Wildman–Crippen LogP) is 3.63. The molecule has 0 spiro atoms. The Labute approximate surface area is 146 Å². The molecule has 1 aliphatic heterocycles. The number of likely N-dealkylation sites (tertiary alicyclic amines) is 1. The third-order valence-electron chi connectivity index (χ3n) is 4.55. The molecule has 1 aliphatic rings. The number of benzene rings is 2. The lowest BCUT2D eigenvalue weighted by Crippen LogP contribution is -2.43. The molecule has 2 amide bonds. The summed E-state index contributed by atoms with van der Waals surface area (Å²) >= 11 is 0. The molecule has 1 saturated heterocycles. The van der Waals surface area contributed by atoms with E-state index < -0.39 is 17.8 Å². The number of nitrogens with zero attached hydrogens (tertiary/aromatic N) is 1. The van der Waals surface area contributed by atoms with Gasteiger partial charge in [0.2, 0.25) is 5.91 Å². The summed E-state index contributed by atoms with van der Waals surface area (Å²) in [4.78, 5) is 26.7. The molecule has 0 saturated carbocycles. The van der Waals surface area contributed by atoms with E-state index in [9.17, 15) is 14.0 Å². The van der Waals surface area contributed by atoms with E-state index in [1.807, 2.05) is 24.3 Å². The van der Waals surface area contributed by atoms with E-state index in [0.29, 0.717) is 18.7 Å². The van der Waals surface area contributed by atoms with Crippen LogP contribution in [0, 0.1) is 5.82 Å². The van der Waals surface area contributed by atoms with Crippen molar-refractivity contribution in [1.82, 2.24) is 4.90 Å². The van der Waals surface area contributed by atoms with Gasteiger partial charge in [-0.15, -0.1) is 0 Å². The van der Waals surface area contributed by atoms with Crippen molar-refractivity contribution in [2.24, 2.45) is 0 Å². The van der Waals surface area contributed by atoms with E-state index in [2.05, 4.69) is 12.2 Å². The number of nitrogens with one attached hydrogen (secondary N) is 1. The van der Waals surface area contributed by atoms with Crippen LogP contribution in [0.2, 0.25) is 0 Å². The van der Waals surface area contributed by atoms with E-state index in [1.54, 1.807) is 12.1 Å². The van der Waals surface area contributed by atoms with Crippen LogP contribution >= 0.6 is 0 Å². The molecule has 1 N–H and O–H groups in total. The van der Waals surface area contributed by atoms with Crippen LogP contribution in [0.25, 0.3) is 0 Å². The second-order valence-corrected chi connectivity index (χ2v) is 6.18. The molecule has 4 nitrogen and oxygen atoms in total. The maximum absolute atomic E-state index is 13.9. The molecule has 1 fully saturated rings. The number of amides is 2. The van der Waals surface area contributed by atoms with Crippen molar-refractivity contribution < 1.29 is 14.0 Å². The minimum atomic E-state index is -0.571. The minimum Gasteiger partial charge on any atom is -0.327 e. The van der Waals surface area contributed by atoms with Crippen LogP contribution in [-0.4, -0.2) is 29.3 Å². The number of aryl methyl sites for hydroxylation is 1. The van der Waals surface area contributed by atoms with Gasteiger partial charge in [-0.05, 0) is 49.1 Å². The van der Waals surface area contributed by atoms with Crippen molar-refractivity contribution in [3.05, 3.63) is 65.5 Å². The second kappa shape index (κ2) is 7.47. The molecule has 2 aromatic carbocycles. The Hall–Kier alpha value is -2.69. The fourth-order valence-corrected chi connectivity index (χ4v) is 3.12. The maximum Gasteiger partial charge on any atom is 0.257 e. The average molecular weight is 340 g/mol. The standard InChI is InChI=1S/C20H21FN2O2/c1-2-14-9-11-15(12-10-14)22-19(24)18-8-5-13-23(18)20(25)16-6-3-4-7-17(16)21/h3-4,6-7,9-12,18H,2,5,8,13H2,1H3,(H,22,24)/t18-/m1/s1. The van der Waals surface area contributed by atoms with Gasteiger partial charge in [0.05, 0.1) is 5.56 Å². The van der Waals surface area contributed by atoms with Gasteiger partial charge in [-0.1, -0.05) is 31.2 Å². The molecule has 0 aromatic heterocycles. The first kappa shape index (κ1) is 17.1. The summed E-state index contributed by atoms with van der Waals surface area (Å²) in [6, 6.07) is 12.9. The van der Waals surface area contributed by atoms with Crippen molar-refractivity contribution in [2.75, 3.05) is 11.9 Å². The van der Waals surface area contributed by atoms with Crippen molar-refractivity contribution in [2.45, 2.75) is 32.2 Å². The van der Waals surface area contributed by atoms with E-state index in [4.69, 9.17) is 0 Å². The van der Waals surface area contributed by atoms with Crippen molar-refractivity contribution in [1.29, 1.82) is 0 Å². The largest absolute Gasteiger partial charge is 0.327 e. The predicted molar refractivity (Wildman–Crippen MR) is 94.9 cm³/mol. The zero-order valence-electron chi connectivity index (χ0n) is 14.2. The van der Waals surface area contributed by atoms with Gasteiger partial charge in [0.15, 0.2) is 0 Å². The molecule has 0 radical (unpaired) electrons. The van der Waals surface area contributed by atoms with Crippen LogP contribution in [0.15, 0.2) is 48.5 Å². The first-order chi connectivity index (χ1) is 12.1. The topological polar surface area (TPSA) is 49.4 Å². The van der Waals surface area contributed by atoms with E-state index in [1.165, 1.54) is 22.6 Å². The molecular weight excluding hydrogens is 319 g/mol. The van der Waals surface area contributed by atoms with Crippen molar-refractivity contribution in [3.8, 4) is 0 Å². The number of carbonyl (C=O) groups excluding carboxylic acids is 2. The Bertz CT molecular complexity index is 774. The quantitative estimate of drug-likeness (QED) is 0.924. The van der Waals surface area contributed by atoms with Crippen LogP contribution in [0.3, 0.4) is 0 Å². The molecule has 130 valence electrons. The van der Waals surface area contributed by atoms with Crippen LogP contribution < -0.4 is 5.32 Å². The van der Waals surface area contributed by atoms with Crippen LogP contribution in [-0.2, 0) is 11.2 Å². The van der Waals surface area contributed by atoms with Gasteiger partial charge in [-0.2, -0.15) is 0 Å². The van der Waals surface area contributed by atoms with Gasteiger partial charge in [0.1, 0.15) is 11.9 Å². The lowest BCUT2D eigenvalue weighted by Gasteiger charge is -2.24. The molecular formula is C20H21FN2O2. The third kappa shape index (κ3) is 3.71. The number of hydrogen-bond donors (Lipinski definition) is 1. The molecule has 5 heteroatoms. The van der Waals surface area contributed by atoms with Gasteiger partial charge < -0.3 is 10.2 Å². The monoisotopic (exact) mass is 340 g/mol. The summed E-state index contributed by atoms with van der Waals surface area (Å²) in [6.07, 6.45) is 2.24. The van der Waals surface area contributed by atoms with Crippen LogP contribution in [0.5, 0.6) is 0 Å². The first-order valence-corrected chi connectivity index (χ1v) is 8.55. The molecule has 1 atom stereocenters. The second-order valence-electron chi connectivity index (χ2n) is 6.18. The third-order valence-corrected chi connectivity index (χ3v) is 4.55. The van der Waals surface area contributed by atoms with E-state index in [-0.39, 0.29) is 11.5 Å². The number of rotatable bonds is 4. The van der Waals surface area contributed by atoms with Crippen LogP contribution in [0.1, 0.15) is 35.7 Å². The molecule has 2 aromatic rings. The lowest BCUT2D eigenvalue weighted by atomic mass is 10.1. The van der Waals surface area contributed by atoms with Gasteiger partial charge in [0, 0.05) is 12.2 Å². The Morgan fingerprint density at radius 1 is 1.16 bits per heavy atom. The lowest BCUT2D eigenvalue weighted by molar-refractivity contribution is -0.119. The van der Waals surface area contributed by atoms with Gasteiger partial charge in [-0.3, -0.25) is 9.59 Å². The Balaban J connectivity index is 1.73. The minimum absolute atomic E-state index is 0.00880. The highest BCUT2D eigenvalue weighted by Crippen LogP contribution is 2.23. The SMILES string of the molecule is CCc1ccc(NC(=O)[C@H]2CCCN2C(=O)c2ccccc2F)cc1. The molecule has 0 bridgehead atoms. The smallest absolute Gasteiger partial charge is 0.257 e. The van der Waals surface area contributed by atoms with Crippen molar-refractivity contribution >= 4 is 17.5 Å². The highest BCUT2D eigenvalue weighted by Gasteiger charge is 2.35. The van der Waals surface area contributed by atoms with Gasteiger partial charge in [-0.25, -0.2) is 4.39 Å². The summed E-state index contributed by atoms with van der Waals surface area (Å²) in [5.41, 5.74) is 1.90. The van der Waals surface area contributed by atoms with Gasteiger partial charge in [0.25, 0.3) is 5.91 Å². The summed E-state index contributed by atoms with van der Waals surface area (Å²) in [5.74, 6) is -1.22. The number of anilines is 1. The molecule has 0 aliphatic carbocycles.